The van der Waals surface area contributed by atoms with Gasteiger partial charge in [-0.25, -0.2) is 0 Å². The maximum atomic E-state index is 9.83. The largest absolute Gasteiger partial charge is 0 e. The molecule has 0 fully saturated rings. The molecule has 2 radical (unpaired) electrons. The summed E-state index contributed by atoms with van der Waals surface area (Å²) in [6, 6.07) is 0. The van der Waals surface area contributed by atoms with Crippen LogP contribution in [-0.2, 0) is 116 Å². The molecule has 0 aromatic carbocycles. The van der Waals surface area contributed by atoms with E-state index in [9.17, 15) is 8.42 Å². The van der Waals surface area contributed by atoms with Gasteiger partial charge in [-0.3, -0.25) is 0 Å². The van der Waals surface area contributed by atoms with Crippen LogP contribution in [0.3, 0.4) is 0 Å². The number of rotatable bonds is 2. The van der Waals surface area contributed by atoms with Gasteiger partial charge >= 0.3 is 58.0 Å². The van der Waals surface area contributed by atoms with E-state index >= 15 is 0 Å². The van der Waals surface area contributed by atoms with Gasteiger partial charge in [-0.05, 0) is 0 Å². The third kappa shape index (κ3) is 19.4. The van der Waals surface area contributed by atoms with Crippen LogP contribution in [0.2, 0.25) is 0 Å². The van der Waals surface area contributed by atoms with Gasteiger partial charge < -0.3 is 0 Å². The van der Waals surface area contributed by atoms with Crippen molar-refractivity contribution in [2.45, 2.75) is 0 Å². The Labute approximate surface area is 123 Å². The summed E-state index contributed by atoms with van der Waals surface area (Å²) >= 11 is 4.38. The van der Waals surface area contributed by atoms with E-state index in [-0.39, 0.29) is 66.5 Å². The first kappa shape index (κ1) is 29.2. The molecule has 0 saturated heterocycles. The van der Waals surface area contributed by atoms with Crippen LogP contribution in [0, 0.1) is 0 Å². The third-order valence-corrected chi connectivity index (χ3v) is 1.91. The molecular weight excluding hydrogens is 441 g/mol. The zero-order valence-electron chi connectivity index (χ0n) is 4.10. The predicted octanol–water partition coefficient (Wildman–Crippen LogP) is -0.822. The van der Waals surface area contributed by atoms with E-state index < -0.39 is 10.4 Å². The monoisotopic (exact) mass is 440 g/mol. The summed E-state index contributed by atoms with van der Waals surface area (Å²) in [5, 5.41) is 0. The van der Waals surface area contributed by atoms with Gasteiger partial charge in [-0.1, -0.05) is 0 Å². The van der Waals surface area contributed by atoms with Crippen LogP contribution in [0.5, 0.6) is 0 Å². The Morgan fingerprint density at radius 2 is 1.09 bits per heavy atom. The smallest absolute Gasteiger partial charge is 0 e. The molecule has 0 atom stereocenters. The molecule has 0 rings (SSSR count). The van der Waals surface area contributed by atoms with Crippen molar-refractivity contribution in [3.8, 4) is 0 Å². The molecule has 0 aromatic rings. The van der Waals surface area contributed by atoms with Crippen LogP contribution < -0.4 is 0 Å². The summed E-state index contributed by atoms with van der Waals surface area (Å²) in [4.78, 5) is 0. The van der Waals surface area contributed by atoms with Gasteiger partial charge in [0.2, 0.25) is 0 Å². The van der Waals surface area contributed by atoms with E-state index in [1.54, 1.807) is 0 Å². The molecule has 0 aliphatic carbocycles. The van der Waals surface area contributed by atoms with Crippen molar-refractivity contribution in [3.05, 3.63) is 0 Å². The minimum atomic E-state index is -3.82. The van der Waals surface area contributed by atoms with Gasteiger partial charge in [0.25, 0.3) is 0 Å². The molecule has 11 heteroatoms. The normalized spacial score (nSPS) is 7.45. The number of hydrogen-bond acceptors (Lipinski definition) is 4. The second-order valence-corrected chi connectivity index (χ2v) is 2.78. The van der Waals surface area contributed by atoms with Crippen molar-refractivity contribution in [1.29, 1.82) is 0 Å². The van der Waals surface area contributed by atoms with Gasteiger partial charge in [0.15, 0.2) is 0 Å². The fraction of sp³-hybridized carbons (Fsp3) is 0. The third-order valence-electron chi connectivity index (χ3n) is 0.154. The molecule has 0 bridgehead atoms. The molecule has 0 amide bonds. The Bertz CT molecular complexity index is 127. The van der Waals surface area contributed by atoms with Crippen LogP contribution in [-0.4, -0.2) is 8.42 Å². The van der Waals surface area contributed by atoms with Crippen molar-refractivity contribution < 1.29 is 114 Å². The average molecular weight is 441 g/mol. The maximum absolute atomic E-state index is 9.83. The molecular formula is Co2Mn2Ni2O4S. The zero-order chi connectivity index (χ0) is 5.91. The van der Waals surface area contributed by atoms with E-state index in [1.165, 1.54) is 0 Å². The quantitative estimate of drug-likeness (QED) is 0.526. The van der Waals surface area contributed by atoms with Crippen LogP contribution in [0.4, 0.5) is 0 Å². The van der Waals surface area contributed by atoms with Crippen LogP contribution in [0.15, 0.2) is 0 Å². The number of hydrogen-bond donors (Lipinski definition) is 0. The van der Waals surface area contributed by atoms with Gasteiger partial charge in [-0.15, -0.1) is 0 Å². The molecule has 0 aliphatic heterocycles. The van der Waals surface area contributed by atoms with Gasteiger partial charge in [-0.2, -0.15) is 0 Å². The minimum absolute atomic E-state index is 0. The summed E-state index contributed by atoms with van der Waals surface area (Å²) < 4.78 is 26.9. The Morgan fingerprint density at radius 1 is 0.909 bits per heavy atom. The molecule has 4 nitrogen and oxygen atoms in total. The van der Waals surface area contributed by atoms with Crippen LogP contribution in [0.25, 0.3) is 0 Å². The van der Waals surface area contributed by atoms with Crippen LogP contribution >= 0.6 is 0 Å². The van der Waals surface area contributed by atoms with Crippen molar-refractivity contribution in [3.63, 3.8) is 0 Å². The zero-order valence-corrected chi connectivity index (χ0v) is 11.3. The second kappa shape index (κ2) is 15.4. The summed E-state index contributed by atoms with van der Waals surface area (Å²) in [6.45, 7) is 0. The molecule has 0 saturated carbocycles. The topological polar surface area (TPSA) is 52.6 Å². The molecule has 82 valence electrons. The van der Waals surface area contributed by atoms with E-state index in [0.29, 0.717) is 0 Å². The molecule has 0 heterocycles. The molecule has 11 heavy (non-hydrogen) atoms. The molecule has 0 aromatic heterocycles. The summed E-state index contributed by atoms with van der Waals surface area (Å²) in [7, 11) is -3.82. The molecule has 0 aliphatic rings. The minimum Gasteiger partial charge on any atom is 0 e. The van der Waals surface area contributed by atoms with E-state index in [2.05, 4.69) is 39.2 Å². The first-order valence-corrected chi connectivity index (χ1v) is 3.27. The van der Waals surface area contributed by atoms with Crippen molar-refractivity contribution in [2.75, 3.05) is 0 Å². The Balaban J connectivity index is -0.0000000300. The van der Waals surface area contributed by atoms with Gasteiger partial charge in [0.05, 0.1) is 0 Å². The molecule has 0 spiro atoms. The van der Waals surface area contributed by atoms with Gasteiger partial charge in [0.1, 0.15) is 0 Å². The first-order valence-electron chi connectivity index (χ1n) is 0.975. The van der Waals surface area contributed by atoms with Crippen molar-refractivity contribution >= 4 is 10.4 Å². The van der Waals surface area contributed by atoms with E-state index in [1.807, 2.05) is 0 Å². The molecule has 0 unspecified atom stereocenters. The van der Waals surface area contributed by atoms with E-state index in [0.717, 1.165) is 0 Å². The van der Waals surface area contributed by atoms with Crippen molar-refractivity contribution in [1.82, 2.24) is 0 Å². The second-order valence-electron chi connectivity index (χ2n) is 0.534. The van der Waals surface area contributed by atoms with Crippen molar-refractivity contribution in [2.24, 2.45) is 0 Å². The fourth-order valence-corrected chi connectivity index (χ4v) is 0.496. The predicted molar refractivity (Wildman–Crippen MR) is 11.1 cm³/mol. The first-order chi connectivity index (χ1) is 3.12. The summed E-state index contributed by atoms with van der Waals surface area (Å²) in [6.07, 6.45) is 0. The Morgan fingerprint density at radius 3 is 1.09 bits per heavy atom. The van der Waals surface area contributed by atoms with E-state index in [4.69, 9.17) is 0 Å². The summed E-state index contributed by atoms with van der Waals surface area (Å²) in [5.74, 6) is 0. The maximum Gasteiger partial charge on any atom is 0 e. The Hall–Kier alpha value is 2.91. The standard InChI is InChI=1S/2Co.2Mn.2Ni.H2O4S/c;;;;;;1-5(2,3)4/h;;;;;;(H2,1,2,3,4)/q;;2*+1;;;/p-2. The SMILES string of the molecule is O=S(=O)([O][Mn])[O][Mn].[Co].[Co].[Ni].[Ni]. The molecule has 0 N–H and O–H groups in total. The Kier molecular flexibility index (Phi) is 40.8. The van der Waals surface area contributed by atoms with Gasteiger partial charge in [0, 0.05) is 66.5 Å². The summed E-state index contributed by atoms with van der Waals surface area (Å²) in [5.41, 5.74) is 0. The fourth-order valence-electron chi connectivity index (χ4n) is 0.00972. The average Bonchev–Trinajstić information content (AvgIpc) is 1.68. The van der Waals surface area contributed by atoms with Crippen LogP contribution in [0.1, 0.15) is 0 Å².